The van der Waals surface area contributed by atoms with E-state index in [9.17, 15) is 9.90 Å². The maximum Gasteiger partial charge on any atom is 0.249 e. The topological polar surface area (TPSA) is 107 Å². The fourth-order valence-electron chi connectivity index (χ4n) is 3.78. The molecule has 0 aromatic carbocycles. The summed E-state index contributed by atoms with van der Waals surface area (Å²) in [7, 11) is 0. The number of amidine groups is 1. The molecule has 0 bridgehead atoms. The van der Waals surface area contributed by atoms with E-state index in [-0.39, 0.29) is 12.1 Å². The lowest BCUT2D eigenvalue weighted by molar-refractivity contribution is -0.114. The van der Waals surface area contributed by atoms with Crippen LogP contribution in [0.5, 0.6) is 0 Å². The lowest BCUT2D eigenvalue weighted by Crippen LogP contribution is -2.45. The zero-order valence-electron chi connectivity index (χ0n) is 15.1. The number of fused-ring (bicyclic) bond motifs is 1. The molecule has 8 nitrogen and oxygen atoms in total. The summed E-state index contributed by atoms with van der Waals surface area (Å²) in [6.07, 6.45) is 10.5. The first kappa shape index (κ1) is 17.7. The summed E-state index contributed by atoms with van der Waals surface area (Å²) in [6, 6.07) is 4.15. The number of aliphatic hydroxyl groups is 1. The number of hydrogen-bond donors (Lipinski definition) is 3. The summed E-state index contributed by atoms with van der Waals surface area (Å²) in [5.41, 5.74) is 7.19. The van der Waals surface area contributed by atoms with Gasteiger partial charge in [0.25, 0.3) is 0 Å². The van der Waals surface area contributed by atoms with Crippen molar-refractivity contribution in [1.82, 2.24) is 20.3 Å². The number of carbonyl (C=O) groups excluding carboxylic acids is 1. The highest BCUT2D eigenvalue weighted by Gasteiger charge is 2.38. The van der Waals surface area contributed by atoms with Gasteiger partial charge in [0.15, 0.2) is 5.82 Å². The SMILES string of the molecule is NC(=O)C1=C2N=C(NCc3cccnc3)C=CN2N([C@H]2CC[C@H](O)CC2)C1. The van der Waals surface area contributed by atoms with Crippen molar-refractivity contribution in [3.63, 3.8) is 0 Å². The Morgan fingerprint density at radius 1 is 1.33 bits per heavy atom. The minimum Gasteiger partial charge on any atom is -0.393 e. The van der Waals surface area contributed by atoms with Gasteiger partial charge in [-0.05, 0) is 43.4 Å². The van der Waals surface area contributed by atoms with Crippen LogP contribution in [0.1, 0.15) is 31.2 Å². The number of rotatable bonds is 4. The summed E-state index contributed by atoms with van der Waals surface area (Å²) in [4.78, 5) is 20.7. The van der Waals surface area contributed by atoms with E-state index in [1.165, 1.54) is 0 Å². The second kappa shape index (κ2) is 7.50. The van der Waals surface area contributed by atoms with Crippen molar-refractivity contribution in [3.8, 4) is 0 Å². The number of amides is 1. The van der Waals surface area contributed by atoms with Crippen molar-refractivity contribution in [2.24, 2.45) is 10.7 Å². The molecule has 4 N–H and O–H groups in total. The number of hydrogen-bond acceptors (Lipinski definition) is 7. The molecular weight excluding hydrogens is 344 g/mol. The van der Waals surface area contributed by atoms with Gasteiger partial charge in [0.1, 0.15) is 5.84 Å². The van der Waals surface area contributed by atoms with Crippen LogP contribution in [0.3, 0.4) is 0 Å². The van der Waals surface area contributed by atoms with Crippen molar-refractivity contribution in [2.45, 2.75) is 44.4 Å². The maximum absolute atomic E-state index is 12.0. The molecule has 3 aliphatic rings. The van der Waals surface area contributed by atoms with Gasteiger partial charge in [0, 0.05) is 31.2 Å². The number of carbonyl (C=O) groups is 1. The lowest BCUT2D eigenvalue weighted by atomic mass is 9.92. The second-order valence-corrected chi connectivity index (χ2v) is 7.10. The number of primary amides is 1. The van der Waals surface area contributed by atoms with Crippen LogP contribution < -0.4 is 11.1 Å². The number of nitrogens with zero attached hydrogens (tertiary/aromatic N) is 4. The zero-order chi connectivity index (χ0) is 18.8. The number of hydrazine groups is 1. The molecular formula is C19H24N6O2. The van der Waals surface area contributed by atoms with Crippen LogP contribution in [0.15, 0.2) is 53.2 Å². The fourth-order valence-corrected chi connectivity index (χ4v) is 3.78. The molecule has 0 spiro atoms. The Hall–Kier alpha value is -2.71. The number of aromatic nitrogens is 1. The summed E-state index contributed by atoms with van der Waals surface area (Å²) in [5.74, 6) is 0.827. The standard InChI is InChI=1S/C19H24N6O2/c20-18(27)16-12-25(14-3-5-15(26)6-4-14)24-9-7-17(23-19(16)24)22-11-13-2-1-8-21-10-13/h1-2,7-10,14-15,26H,3-6,11-12H2,(H2,20,27)(H,22,23)/t14-,15-. The van der Waals surface area contributed by atoms with Crippen molar-refractivity contribution in [1.29, 1.82) is 0 Å². The van der Waals surface area contributed by atoms with E-state index in [1.54, 1.807) is 12.4 Å². The summed E-state index contributed by atoms with van der Waals surface area (Å²) in [5, 5.41) is 17.1. The van der Waals surface area contributed by atoms with Crippen LogP contribution in [0, 0.1) is 0 Å². The van der Waals surface area contributed by atoms with Gasteiger partial charge < -0.3 is 16.2 Å². The average molecular weight is 368 g/mol. The second-order valence-electron chi connectivity index (χ2n) is 7.10. The van der Waals surface area contributed by atoms with Gasteiger partial charge >= 0.3 is 0 Å². The first-order valence-electron chi connectivity index (χ1n) is 9.28. The normalized spacial score (nSPS) is 25.4. The summed E-state index contributed by atoms with van der Waals surface area (Å²) < 4.78 is 0. The van der Waals surface area contributed by atoms with Crippen LogP contribution in [-0.2, 0) is 11.3 Å². The Bertz CT molecular complexity index is 796. The molecule has 1 amide bonds. The van der Waals surface area contributed by atoms with Gasteiger partial charge in [-0.15, -0.1) is 0 Å². The molecule has 27 heavy (non-hydrogen) atoms. The van der Waals surface area contributed by atoms with Crippen LogP contribution >= 0.6 is 0 Å². The molecule has 1 saturated carbocycles. The molecule has 1 aliphatic carbocycles. The molecule has 0 atom stereocenters. The Morgan fingerprint density at radius 2 is 2.15 bits per heavy atom. The molecule has 0 unspecified atom stereocenters. The average Bonchev–Trinajstić information content (AvgIpc) is 3.07. The first-order valence-corrected chi connectivity index (χ1v) is 9.28. The Balaban J connectivity index is 1.50. The Kier molecular flexibility index (Phi) is 4.91. The van der Waals surface area contributed by atoms with Gasteiger partial charge in [0.2, 0.25) is 5.91 Å². The minimum absolute atomic E-state index is 0.218. The molecule has 0 radical (unpaired) electrons. The zero-order valence-corrected chi connectivity index (χ0v) is 15.1. The Labute approximate surface area is 158 Å². The van der Waals surface area contributed by atoms with Crippen LogP contribution in [0.25, 0.3) is 0 Å². The van der Waals surface area contributed by atoms with E-state index in [2.05, 4.69) is 20.3 Å². The van der Waals surface area contributed by atoms with Crippen LogP contribution in [0.2, 0.25) is 0 Å². The molecule has 8 heteroatoms. The third-order valence-corrected chi connectivity index (χ3v) is 5.27. The van der Waals surface area contributed by atoms with Crippen LogP contribution in [0.4, 0.5) is 0 Å². The number of nitrogens with two attached hydrogens (primary N) is 1. The predicted octanol–water partition coefficient (Wildman–Crippen LogP) is 0.630. The van der Waals surface area contributed by atoms with E-state index < -0.39 is 5.91 Å². The highest BCUT2D eigenvalue weighted by molar-refractivity contribution is 5.97. The summed E-state index contributed by atoms with van der Waals surface area (Å²) >= 11 is 0. The predicted molar refractivity (Wildman–Crippen MR) is 101 cm³/mol. The lowest BCUT2D eigenvalue weighted by Gasteiger charge is -2.38. The molecule has 3 heterocycles. The third-order valence-electron chi connectivity index (χ3n) is 5.27. The molecule has 2 aliphatic heterocycles. The van der Waals surface area contributed by atoms with E-state index in [0.717, 1.165) is 31.2 Å². The quantitative estimate of drug-likeness (QED) is 0.720. The highest BCUT2D eigenvalue weighted by Crippen LogP contribution is 2.33. The molecule has 1 fully saturated rings. The van der Waals surface area contributed by atoms with Crippen molar-refractivity contribution < 1.29 is 9.90 Å². The van der Waals surface area contributed by atoms with Gasteiger partial charge in [0.05, 0.1) is 18.2 Å². The van der Waals surface area contributed by atoms with Crippen molar-refractivity contribution in [3.05, 3.63) is 53.8 Å². The number of aliphatic hydroxyl groups excluding tert-OH is 1. The molecule has 142 valence electrons. The largest absolute Gasteiger partial charge is 0.393 e. The van der Waals surface area contributed by atoms with E-state index in [4.69, 9.17) is 5.73 Å². The van der Waals surface area contributed by atoms with E-state index in [1.807, 2.05) is 29.4 Å². The fraction of sp³-hybridized carbons (Fsp3) is 0.421. The van der Waals surface area contributed by atoms with Gasteiger partial charge in [-0.2, -0.15) is 0 Å². The highest BCUT2D eigenvalue weighted by atomic mass is 16.3. The third kappa shape index (κ3) is 3.72. The molecule has 1 aromatic rings. The summed E-state index contributed by atoms with van der Waals surface area (Å²) in [6.45, 7) is 1.05. The van der Waals surface area contributed by atoms with Gasteiger partial charge in [-0.1, -0.05) is 6.07 Å². The van der Waals surface area contributed by atoms with Gasteiger partial charge in [-0.3, -0.25) is 14.8 Å². The number of nitrogens with one attached hydrogen (secondary N) is 1. The monoisotopic (exact) mass is 368 g/mol. The first-order chi connectivity index (χ1) is 13.1. The Morgan fingerprint density at radius 3 is 2.85 bits per heavy atom. The van der Waals surface area contributed by atoms with E-state index >= 15 is 0 Å². The molecule has 1 aromatic heterocycles. The van der Waals surface area contributed by atoms with Crippen molar-refractivity contribution >= 4 is 11.7 Å². The van der Waals surface area contributed by atoms with E-state index in [0.29, 0.717) is 30.3 Å². The number of aliphatic imine (C=N–C) groups is 1. The minimum atomic E-state index is -0.445. The molecule has 0 saturated heterocycles. The van der Waals surface area contributed by atoms with Crippen molar-refractivity contribution in [2.75, 3.05) is 6.54 Å². The van der Waals surface area contributed by atoms with Crippen LogP contribution in [-0.4, -0.2) is 50.5 Å². The maximum atomic E-state index is 12.0. The molecule has 4 rings (SSSR count). The smallest absolute Gasteiger partial charge is 0.249 e. The van der Waals surface area contributed by atoms with Gasteiger partial charge in [-0.25, -0.2) is 10.0 Å². The number of pyridine rings is 1.